The third-order valence-electron chi connectivity index (χ3n) is 3.61. The Morgan fingerprint density at radius 2 is 2.14 bits per heavy atom. The number of aliphatic hydroxyl groups excluding tert-OH is 1. The lowest BCUT2D eigenvalue weighted by Gasteiger charge is -2.35. The lowest BCUT2D eigenvalue weighted by molar-refractivity contribution is 0.0358. The van der Waals surface area contributed by atoms with Crippen LogP contribution < -0.4 is 5.32 Å². The van der Waals surface area contributed by atoms with Gasteiger partial charge in [-0.1, -0.05) is 11.6 Å². The zero-order valence-corrected chi connectivity index (χ0v) is 13.6. The molecule has 1 heterocycles. The van der Waals surface area contributed by atoms with E-state index in [0.29, 0.717) is 5.56 Å². The molecule has 1 aromatic heterocycles. The number of carbonyl (C=O) groups is 1. The number of amides is 1. The average Bonchev–Trinajstić information content (AvgIpc) is 3.22. The molecule has 1 fully saturated rings. The van der Waals surface area contributed by atoms with E-state index in [2.05, 4.69) is 10.3 Å². The number of ether oxygens (including phenoxy) is 1. The van der Waals surface area contributed by atoms with Crippen molar-refractivity contribution >= 4 is 17.7 Å². The monoisotopic (exact) mass is 328 g/mol. The van der Waals surface area contributed by atoms with Gasteiger partial charge < -0.3 is 20.3 Å². The fourth-order valence-corrected chi connectivity index (χ4v) is 2.65. The highest BCUT2D eigenvalue weighted by Gasteiger charge is 2.49. The SMILES string of the molecule is CC(C)(C)OC(=O)N[C@](CO)(c1ccnc(Cl)c1O)C1CC1. The molecule has 0 aromatic carbocycles. The van der Waals surface area contributed by atoms with Crippen LogP contribution in [0, 0.1) is 5.92 Å². The molecule has 7 heteroatoms. The van der Waals surface area contributed by atoms with E-state index >= 15 is 0 Å². The Kier molecular flexibility index (Phi) is 4.54. The molecule has 122 valence electrons. The van der Waals surface area contributed by atoms with Crippen LogP contribution in [0.2, 0.25) is 5.15 Å². The van der Waals surface area contributed by atoms with Crippen LogP contribution in [0.15, 0.2) is 12.3 Å². The molecule has 22 heavy (non-hydrogen) atoms. The average molecular weight is 329 g/mol. The fourth-order valence-electron chi connectivity index (χ4n) is 2.49. The third kappa shape index (κ3) is 3.44. The van der Waals surface area contributed by atoms with E-state index in [-0.39, 0.29) is 23.4 Å². The summed E-state index contributed by atoms with van der Waals surface area (Å²) < 4.78 is 5.27. The van der Waals surface area contributed by atoms with Crippen molar-refractivity contribution in [3.05, 3.63) is 23.0 Å². The van der Waals surface area contributed by atoms with E-state index in [1.807, 2.05) is 0 Å². The standard InChI is InChI=1S/C15H21ClN2O4/c1-14(2,3)22-13(21)18-15(8-19,9-4-5-9)10-6-7-17-12(16)11(10)20/h6-7,9,19-20H,4-5,8H2,1-3H3,(H,18,21)/t15-/m0/s1. The summed E-state index contributed by atoms with van der Waals surface area (Å²) in [5.41, 5.74) is -1.44. The maximum absolute atomic E-state index is 12.2. The normalized spacial score (nSPS) is 17.7. The minimum Gasteiger partial charge on any atom is -0.504 e. The molecule has 0 radical (unpaired) electrons. The van der Waals surface area contributed by atoms with Crippen LogP contribution in [0.25, 0.3) is 0 Å². The van der Waals surface area contributed by atoms with Crippen LogP contribution in [0.3, 0.4) is 0 Å². The number of aromatic hydroxyl groups is 1. The van der Waals surface area contributed by atoms with Crippen molar-refractivity contribution in [3.63, 3.8) is 0 Å². The Hall–Kier alpha value is -1.53. The molecule has 1 atom stereocenters. The number of nitrogens with one attached hydrogen (secondary N) is 1. The molecule has 0 unspecified atom stereocenters. The first-order valence-electron chi connectivity index (χ1n) is 7.15. The van der Waals surface area contributed by atoms with Crippen molar-refractivity contribution in [2.75, 3.05) is 6.61 Å². The number of pyridine rings is 1. The molecule has 1 amide bonds. The maximum atomic E-state index is 12.2. The summed E-state index contributed by atoms with van der Waals surface area (Å²) in [5, 5.41) is 22.8. The van der Waals surface area contributed by atoms with E-state index in [4.69, 9.17) is 16.3 Å². The largest absolute Gasteiger partial charge is 0.504 e. The molecular formula is C15H21ClN2O4. The van der Waals surface area contributed by atoms with Crippen molar-refractivity contribution in [1.29, 1.82) is 0 Å². The molecule has 1 saturated carbocycles. The highest BCUT2D eigenvalue weighted by atomic mass is 35.5. The number of aromatic nitrogens is 1. The summed E-state index contributed by atoms with van der Waals surface area (Å²) in [7, 11) is 0. The number of rotatable bonds is 4. The predicted molar refractivity (Wildman–Crippen MR) is 81.8 cm³/mol. The Bertz CT molecular complexity index is 569. The van der Waals surface area contributed by atoms with Gasteiger partial charge in [0.25, 0.3) is 0 Å². The van der Waals surface area contributed by atoms with E-state index in [1.165, 1.54) is 6.20 Å². The van der Waals surface area contributed by atoms with E-state index in [0.717, 1.165) is 12.8 Å². The number of hydrogen-bond donors (Lipinski definition) is 3. The summed E-state index contributed by atoms with van der Waals surface area (Å²) in [6, 6.07) is 1.55. The minimum absolute atomic E-state index is 0.00869. The third-order valence-corrected chi connectivity index (χ3v) is 3.88. The van der Waals surface area contributed by atoms with Gasteiger partial charge in [-0.25, -0.2) is 9.78 Å². The number of alkyl carbamates (subject to hydrolysis) is 1. The molecule has 3 N–H and O–H groups in total. The quantitative estimate of drug-likeness (QED) is 0.739. The van der Waals surface area contributed by atoms with Gasteiger partial charge in [0.15, 0.2) is 10.9 Å². The van der Waals surface area contributed by atoms with Crippen molar-refractivity contribution in [2.45, 2.75) is 44.8 Å². The lowest BCUT2D eigenvalue weighted by Crippen LogP contribution is -2.52. The van der Waals surface area contributed by atoms with Gasteiger partial charge in [0, 0.05) is 11.8 Å². The van der Waals surface area contributed by atoms with Crippen molar-refractivity contribution in [3.8, 4) is 5.75 Å². The number of halogens is 1. The maximum Gasteiger partial charge on any atom is 0.408 e. The predicted octanol–water partition coefficient (Wildman–Crippen LogP) is 2.56. The van der Waals surface area contributed by atoms with Gasteiger partial charge in [-0.05, 0) is 45.6 Å². The van der Waals surface area contributed by atoms with Gasteiger partial charge in [0.1, 0.15) is 5.60 Å². The highest BCUT2D eigenvalue weighted by molar-refractivity contribution is 6.30. The molecule has 1 aromatic rings. The highest BCUT2D eigenvalue weighted by Crippen LogP contribution is 2.48. The molecule has 0 bridgehead atoms. The van der Waals surface area contributed by atoms with Crippen LogP contribution in [0.5, 0.6) is 5.75 Å². The van der Waals surface area contributed by atoms with Crippen LogP contribution in [-0.2, 0) is 10.3 Å². The fraction of sp³-hybridized carbons (Fsp3) is 0.600. The molecule has 1 aliphatic carbocycles. The molecule has 0 saturated heterocycles. The zero-order chi connectivity index (χ0) is 16.5. The van der Waals surface area contributed by atoms with E-state index in [9.17, 15) is 15.0 Å². The number of carbonyl (C=O) groups excluding carboxylic acids is 1. The molecule has 0 spiro atoms. The van der Waals surface area contributed by atoms with Crippen LogP contribution >= 0.6 is 11.6 Å². The van der Waals surface area contributed by atoms with Crippen molar-refractivity contribution < 1.29 is 19.7 Å². The summed E-state index contributed by atoms with van der Waals surface area (Å²) in [6.07, 6.45) is 2.44. The Balaban J connectivity index is 2.37. The molecule has 0 aliphatic heterocycles. The summed E-state index contributed by atoms with van der Waals surface area (Å²) in [4.78, 5) is 16.0. The Morgan fingerprint density at radius 1 is 1.50 bits per heavy atom. The minimum atomic E-state index is -1.13. The van der Waals surface area contributed by atoms with Crippen molar-refractivity contribution in [1.82, 2.24) is 10.3 Å². The van der Waals surface area contributed by atoms with Gasteiger partial charge >= 0.3 is 6.09 Å². The summed E-state index contributed by atoms with van der Waals surface area (Å²) >= 11 is 5.86. The number of aliphatic hydroxyl groups is 1. The van der Waals surface area contributed by atoms with Crippen LogP contribution in [0.1, 0.15) is 39.2 Å². The second kappa shape index (κ2) is 5.93. The van der Waals surface area contributed by atoms with Gasteiger partial charge in [0.05, 0.1) is 12.1 Å². The second-order valence-electron chi connectivity index (χ2n) is 6.53. The van der Waals surface area contributed by atoms with E-state index < -0.39 is 17.2 Å². The van der Waals surface area contributed by atoms with Gasteiger partial charge in [-0.15, -0.1) is 0 Å². The first-order valence-corrected chi connectivity index (χ1v) is 7.53. The number of nitrogens with zero attached hydrogens (tertiary/aromatic N) is 1. The summed E-state index contributed by atoms with van der Waals surface area (Å²) in [5.74, 6) is -0.226. The number of hydrogen-bond acceptors (Lipinski definition) is 5. The first kappa shape index (κ1) is 16.8. The summed E-state index contributed by atoms with van der Waals surface area (Å²) in [6.45, 7) is 4.89. The van der Waals surface area contributed by atoms with Gasteiger partial charge in [-0.2, -0.15) is 0 Å². The topological polar surface area (TPSA) is 91.7 Å². The van der Waals surface area contributed by atoms with Crippen LogP contribution in [0.4, 0.5) is 4.79 Å². The molecule has 1 aliphatic rings. The lowest BCUT2D eigenvalue weighted by atomic mass is 9.85. The van der Waals surface area contributed by atoms with Gasteiger partial charge in [0.2, 0.25) is 0 Å². The first-order chi connectivity index (χ1) is 10.2. The second-order valence-corrected chi connectivity index (χ2v) is 6.89. The smallest absolute Gasteiger partial charge is 0.408 e. The Labute approximate surface area is 134 Å². The molecule has 6 nitrogen and oxygen atoms in total. The molecule has 2 rings (SSSR count). The molecular weight excluding hydrogens is 308 g/mol. The Morgan fingerprint density at radius 3 is 2.64 bits per heavy atom. The van der Waals surface area contributed by atoms with Crippen molar-refractivity contribution in [2.24, 2.45) is 5.92 Å². The zero-order valence-electron chi connectivity index (χ0n) is 12.9. The van der Waals surface area contributed by atoms with E-state index in [1.54, 1.807) is 26.8 Å². The van der Waals surface area contributed by atoms with Crippen LogP contribution in [-0.4, -0.2) is 33.5 Å². The van der Waals surface area contributed by atoms with Gasteiger partial charge in [-0.3, -0.25) is 0 Å².